The predicted octanol–water partition coefficient (Wildman–Crippen LogP) is 2.76. The van der Waals surface area contributed by atoms with Crippen molar-refractivity contribution in [1.82, 2.24) is 23.8 Å². The normalized spacial score (nSPS) is 14.4. The van der Waals surface area contributed by atoms with E-state index in [4.69, 9.17) is 4.98 Å². The van der Waals surface area contributed by atoms with Crippen molar-refractivity contribution in [2.75, 3.05) is 0 Å². The van der Waals surface area contributed by atoms with Gasteiger partial charge in [-0.2, -0.15) is 0 Å². The average molecular weight is 402 g/mol. The minimum absolute atomic E-state index is 0.115. The van der Waals surface area contributed by atoms with Gasteiger partial charge in [0.15, 0.2) is 5.82 Å². The van der Waals surface area contributed by atoms with Gasteiger partial charge in [-0.25, -0.2) is 9.97 Å². The van der Waals surface area contributed by atoms with Crippen LogP contribution in [0, 0.1) is 6.92 Å². The van der Waals surface area contributed by atoms with Gasteiger partial charge >= 0.3 is 0 Å². The zero-order valence-electron chi connectivity index (χ0n) is 17.4. The summed E-state index contributed by atoms with van der Waals surface area (Å²) < 4.78 is 18.7. The summed E-state index contributed by atoms with van der Waals surface area (Å²) in [4.78, 5) is 22.1. The first-order valence-electron chi connectivity index (χ1n) is 9.16. The molecule has 3 rings (SSSR count). The third kappa shape index (κ3) is 3.72. The summed E-state index contributed by atoms with van der Waals surface area (Å²) >= 11 is -1.24. The molecule has 0 spiro atoms. The number of hydrogen-bond acceptors (Lipinski definition) is 5. The van der Waals surface area contributed by atoms with Crippen molar-refractivity contribution < 1.29 is 4.55 Å². The molecule has 0 aliphatic rings. The van der Waals surface area contributed by atoms with Crippen LogP contribution in [0.2, 0.25) is 0 Å². The van der Waals surface area contributed by atoms with Crippen LogP contribution in [0.25, 0.3) is 22.4 Å². The van der Waals surface area contributed by atoms with Gasteiger partial charge in [0, 0.05) is 31.0 Å². The number of aryl methyl sites for hydroxylation is 2. The highest BCUT2D eigenvalue weighted by Gasteiger charge is 2.29. The lowest BCUT2D eigenvalue weighted by Gasteiger charge is -2.27. The first-order chi connectivity index (χ1) is 13.0. The monoisotopic (exact) mass is 401 g/mol. The maximum Gasteiger partial charge on any atom is 0.261 e. The highest BCUT2D eigenvalue weighted by molar-refractivity contribution is 7.90. The highest BCUT2D eigenvalue weighted by atomic mass is 32.2. The van der Waals surface area contributed by atoms with Crippen molar-refractivity contribution in [3.63, 3.8) is 0 Å². The summed E-state index contributed by atoms with van der Waals surface area (Å²) in [7, 11) is 3.58. The molecule has 150 valence electrons. The van der Waals surface area contributed by atoms with Gasteiger partial charge in [-0.3, -0.25) is 9.36 Å². The number of aromatic nitrogens is 4. The maximum atomic E-state index is 13.1. The maximum absolute atomic E-state index is 13.1. The van der Waals surface area contributed by atoms with Crippen LogP contribution < -0.4 is 10.3 Å². The summed E-state index contributed by atoms with van der Waals surface area (Å²) in [6, 6.07) is 3.62. The summed E-state index contributed by atoms with van der Waals surface area (Å²) in [6.07, 6.45) is 3.37. The quantitative estimate of drug-likeness (QED) is 0.679. The average Bonchev–Trinajstić information content (AvgIpc) is 3.02. The Morgan fingerprint density at radius 1 is 1.25 bits per heavy atom. The first-order valence-corrected chi connectivity index (χ1v) is 10.3. The molecule has 7 nitrogen and oxygen atoms in total. The Bertz CT molecular complexity index is 1080. The molecule has 0 saturated heterocycles. The van der Waals surface area contributed by atoms with Crippen molar-refractivity contribution >= 4 is 22.3 Å². The van der Waals surface area contributed by atoms with Crippen molar-refractivity contribution in [2.45, 2.75) is 45.4 Å². The Kier molecular flexibility index (Phi) is 5.40. The molecule has 2 unspecified atom stereocenters. The fourth-order valence-corrected chi connectivity index (χ4v) is 3.89. The lowest BCUT2D eigenvalue weighted by atomic mass is 10.0. The number of imidazole rings is 1. The molecular formula is C20H27N5O2S. The zero-order chi connectivity index (χ0) is 20.8. The van der Waals surface area contributed by atoms with Crippen LogP contribution in [0.5, 0.6) is 0 Å². The van der Waals surface area contributed by atoms with Gasteiger partial charge in [0.05, 0.1) is 29.5 Å². The van der Waals surface area contributed by atoms with Gasteiger partial charge in [0.25, 0.3) is 5.56 Å². The Morgan fingerprint density at radius 3 is 2.50 bits per heavy atom. The van der Waals surface area contributed by atoms with Crippen LogP contribution in [0.15, 0.2) is 29.5 Å². The standard InChI is InChI=1S/C20H27N5O2S/c1-12-8-14(13(2)23-28(27)20(3,4)5)17-15(9-12)19(26)25(7)18(22-17)16-10-21-11-24(16)6/h8-11,13,23H,1-7H3. The number of rotatable bonds is 4. The van der Waals surface area contributed by atoms with E-state index >= 15 is 0 Å². The summed E-state index contributed by atoms with van der Waals surface area (Å²) in [5.74, 6) is 0.548. The summed E-state index contributed by atoms with van der Waals surface area (Å²) in [6.45, 7) is 9.66. The molecule has 3 aromatic rings. The Morgan fingerprint density at radius 2 is 1.93 bits per heavy atom. The molecule has 28 heavy (non-hydrogen) atoms. The van der Waals surface area contributed by atoms with Crippen LogP contribution in [0.3, 0.4) is 0 Å². The van der Waals surface area contributed by atoms with Crippen LogP contribution in [0.4, 0.5) is 0 Å². The van der Waals surface area contributed by atoms with Crippen LogP contribution in [-0.4, -0.2) is 28.4 Å². The van der Waals surface area contributed by atoms with Gasteiger partial charge in [0.1, 0.15) is 10.4 Å². The van der Waals surface area contributed by atoms with Crippen molar-refractivity contribution in [3.8, 4) is 11.5 Å². The largest absolute Gasteiger partial charge is 0.598 e. The molecule has 0 fully saturated rings. The molecule has 1 aromatic carbocycles. The molecule has 0 aliphatic heterocycles. The Labute approximate surface area is 168 Å². The van der Waals surface area contributed by atoms with Crippen LogP contribution in [-0.2, 0) is 25.5 Å². The lowest BCUT2D eigenvalue weighted by Crippen LogP contribution is -2.40. The third-order valence-electron chi connectivity index (χ3n) is 4.71. The van der Waals surface area contributed by atoms with E-state index in [9.17, 15) is 9.35 Å². The smallest absolute Gasteiger partial charge is 0.261 e. The predicted molar refractivity (Wildman–Crippen MR) is 113 cm³/mol. The number of nitrogens with one attached hydrogen (secondary N) is 1. The second-order valence-corrected chi connectivity index (χ2v) is 10.2. The van der Waals surface area contributed by atoms with E-state index in [1.165, 1.54) is 0 Å². The number of hydrogen-bond donors (Lipinski definition) is 1. The van der Waals surface area contributed by atoms with Gasteiger partial charge < -0.3 is 9.12 Å². The SMILES string of the molecule is Cc1cc(C(C)N[S+]([O-])C(C)(C)C)c2nc(-c3cncn3C)n(C)c(=O)c2c1. The fraction of sp³-hybridized carbons (Fsp3) is 0.450. The number of benzene rings is 1. The van der Waals surface area contributed by atoms with Crippen molar-refractivity contribution in [2.24, 2.45) is 14.1 Å². The summed E-state index contributed by atoms with van der Waals surface area (Å²) in [5.41, 5.74) is 3.08. The van der Waals surface area contributed by atoms with E-state index in [-0.39, 0.29) is 11.6 Å². The van der Waals surface area contributed by atoms with Crippen LogP contribution in [0.1, 0.15) is 44.9 Å². The molecule has 2 heterocycles. The van der Waals surface area contributed by atoms with E-state index < -0.39 is 16.1 Å². The van der Waals surface area contributed by atoms with E-state index in [1.807, 2.05) is 58.4 Å². The van der Waals surface area contributed by atoms with Gasteiger partial charge in [0.2, 0.25) is 0 Å². The molecular weight excluding hydrogens is 374 g/mol. The van der Waals surface area contributed by atoms with Crippen LogP contribution >= 0.6 is 0 Å². The topological polar surface area (TPSA) is 87.8 Å². The summed E-state index contributed by atoms with van der Waals surface area (Å²) in [5, 5.41) is 0.554. The second-order valence-electron chi connectivity index (χ2n) is 8.16. The molecule has 0 saturated carbocycles. The zero-order valence-corrected chi connectivity index (χ0v) is 18.2. The molecule has 0 bridgehead atoms. The van der Waals surface area contributed by atoms with E-state index in [0.717, 1.165) is 16.8 Å². The van der Waals surface area contributed by atoms with Gasteiger partial charge in [-0.1, -0.05) is 6.07 Å². The second kappa shape index (κ2) is 7.35. The van der Waals surface area contributed by atoms with Gasteiger partial charge in [-0.15, -0.1) is 4.72 Å². The molecule has 2 atom stereocenters. The van der Waals surface area contributed by atoms with E-state index in [0.29, 0.717) is 16.7 Å². The Balaban J connectivity index is 2.22. The number of fused-ring (bicyclic) bond motifs is 1. The first kappa shape index (κ1) is 20.6. The minimum atomic E-state index is -1.24. The molecule has 1 N–H and O–H groups in total. The fourth-order valence-electron chi connectivity index (χ4n) is 3.09. The van der Waals surface area contributed by atoms with E-state index in [2.05, 4.69) is 9.71 Å². The molecule has 8 heteroatoms. The third-order valence-corrected chi connectivity index (χ3v) is 6.39. The van der Waals surface area contributed by atoms with E-state index in [1.54, 1.807) is 24.1 Å². The highest BCUT2D eigenvalue weighted by Crippen LogP contribution is 2.27. The molecule has 0 amide bonds. The molecule has 0 radical (unpaired) electrons. The Hall–Kier alpha value is -2.16. The van der Waals surface area contributed by atoms with Crippen molar-refractivity contribution in [1.29, 1.82) is 0 Å². The van der Waals surface area contributed by atoms with Gasteiger partial charge in [-0.05, 0) is 46.2 Å². The minimum Gasteiger partial charge on any atom is -0.598 e. The molecule has 0 aliphatic carbocycles. The molecule has 2 aromatic heterocycles. The number of nitrogens with zero attached hydrogens (tertiary/aromatic N) is 4. The van der Waals surface area contributed by atoms with Crippen molar-refractivity contribution in [3.05, 3.63) is 46.1 Å². The lowest BCUT2D eigenvalue weighted by molar-refractivity contribution is 0.531.